The average Bonchev–Trinajstić information content (AvgIpc) is 2.36. The normalized spacial score (nSPS) is 23.5. The predicted octanol–water partition coefficient (Wildman–Crippen LogP) is 3.68. The van der Waals surface area contributed by atoms with Gasteiger partial charge in [0.05, 0.1) is 22.2 Å². The van der Waals surface area contributed by atoms with E-state index in [1.807, 2.05) is 0 Å². The van der Waals surface area contributed by atoms with Crippen LogP contribution in [0.5, 0.6) is 0 Å². The summed E-state index contributed by atoms with van der Waals surface area (Å²) in [7, 11) is -2.40. The standard InChI is InChI=1S/C13H16BrCl2NO3S/c1-17(11-4-2-3-5-12(11)18)21(19,20)13-9(15)6-8(14)7-10(13)16/h6-7,11-12,18H,2-5H2,1H3. The molecule has 1 fully saturated rings. The zero-order valence-electron chi connectivity index (χ0n) is 11.4. The van der Waals surface area contributed by atoms with Crippen molar-refractivity contribution < 1.29 is 13.5 Å². The van der Waals surface area contributed by atoms with Crippen molar-refractivity contribution in [3.8, 4) is 0 Å². The summed E-state index contributed by atoms with van der Waals surface area (Å²) in [5.41, 5.74) is 0. The third kappa shape index (κ3) is 3.57. The second-order valence-corrected chi connectivity index (χ2v) is 8.80. The molecule has 21 heavy (non-hydrogen) atoms. The monoisotopic (exact) mass is 415 g/mol. The van der Waals surface area contributed by atoms with Crippen molar-refractivity contribution in [3.05, 3.63) is 26.7 Å². The molecule has 2 rings (SSSR count). The van der Waals surface area contributed by atoms with Gasteiger partial charge in [0.1, 0.15) is 4.90 Å². The molecule has 0 radical (unpaired) electrons. The number of nitrogens with zero attached hydrogens (tertiary/aromatic N) is 1. The number of halogens is 3. The van der Waals surface area contributed by atoms with Gasteiger partial charge in [0, 0.05) is 11.5 Å². The minimum atomic E-state index is -3.86. The summed E-state index contributed by atoms with van der Waals surface area (Å²) in [4.78, 5) is -0.116. The molecule has 0 spiro atoms. The quantitative estimate of drug-likeness (QED) is 0.817. The summed E-state index contributed by atoms with van der Waals surface area (Å²) < 4.78 is 27.3. The van der Waals surface area contributed by atoms with Gasteiger partial charge in [0.25, 0.3) is 0 Å². The second kappa shape index (κ2) is 6.72. The van der Waals surface area contributed by atoms with Crippen LogP contribution in [0.15, 0.2) is 21.5 Å². The molecule has 0 aliphatic heterocycles. The summed E-state index contributed by atoms with van der Waals surface area (Å²) in [5, 5.41) is 10.2. The molecule has 1 aliphatic rings. The largest absolute Gasteiger partial charge is 0.391 e. The third-order valence-corrected chi connectivity index (χ3v) is 7.02. The van der Waals surface area contributed by atoms with Gasteiger partial charge in [-0.25, -0.2) is 8.42 Å². The Morgan fingerprint density at radius 1 is 1.24 bits per heavy atom. The Morgan fingerprint density at radius 2 is 1.76 bits per heavy atom. The topological polar surface area (TPSA) is 57.6 Å². The van der Waals surface area contributed by atoms with E-state index in [-0.39, 0.29) is 14.9 Å². The maximum Gasteiger partial charge on any atom is 0.246 e. The van der Waals surface area contributed by atoms with Crippen LogP contribution in [0.1, 0.15) is 25.7 Å². The molecule has 1 aromatic carbocycles. The lowest BCUT2D eigenvalue weighted by Gasteiger charge is -2.34. The molecule has 2 unspecified atom stereocenters. The van der Waals surface area contributed by atoms with E-state index in [9.17, 15) is 13.5 Å². The molecule has 0 saturated heterocycles. The highest BCUT2D eigenvalue weighted by molar-refractivity contribution is 9.10. The number of rotatable bonds is 3. The summed E-state index contributed by atoms with van der Waals surface area (Å²) in [6, 6.07) is 2.54. The Kier molecular flexibility index (Phi) is 5.60. The maximum absolute atomic E-state index is 12.8. The summed E-state index contributed by atoms with van der Waals surface area (Å²) in [5.74, 6) is 0. The van der Waals surface area contributed by atoms with Crippen LogP contribution in [-0.2, 0) is 10.0 Å². The van der Waals surface area contributed by atoms with E-state index in [1.165, 1.54) is 23.5 Å². The van der Waals surface area contributed by atoms with Gasteiger partial charge in [-0.2, -0.15) is 4.31 Å². The van der Waals surface area contributed by atoms with Crippen LogP contribution >= 0.6 is 39.1 Å². The van der Waals surface area contributed by atoms with E-state index in [0.717, 1.165) is 12.8 Å². The highest BCUT2D eigenvalue weighted by atomic mass is 79.9. The number of aliphatic hydroxyl groups is 1. The van der Waals surface area contributed by atoms with E-state index in [1.54, 1.807) is 0 Å². The zero-order chi connectivity index (χ0) is 15.8. The first-order chi connectivity index (χ1) is 9.75. The van der Waals surface area contributed by atoms with Crippen molar-refractivity contribution in [2.24, 2.45) is 0 Å². The fourth-order valence-electron chi connectivity index (χ4n) is 2.61. The molecule has 8 heteroatoms. The SMILES string of the molecule is CN(C1CCCCC1O)S(=O)(=O)c1c(Cl)cc(Br)cc1Cl. The molecule has 1 aromatic rings. The Bertz CT molecular complexity index is 615. The maximum atomic E-state index is 12.8. The van der Waals surface area contributed by atoms with Crippen LogP contribution in [0.25, 0.3) is 0 Å². The van der Waals surface area contributed by atoms with E-state index < -0.39 is 22.2 Å². The lowest BCUT2D eigenvalue weighted by molar-refractivity contribution is 0.0638. The van der Waals surface area contributed by atoms with Crippen molar-refractivity contribution in [2.75, 3.05) is 7.05 Å². The van der Waals surface area contributed by atoms with E-state index in [2.05, 4.69) is 15.9 Å². The minimum absolute atomic E-state index is 0.0616. The van der Waals surface area contributed by atoms with Crippen molar-refractivity contribution in [1.82, 2.24) is 4.31 Å². The molecular weight excluding hydrogens is 401 g/mol. The second-order valence-electron chi connectivity index (χ2n) is 5.14. The van der Waals surface area contributed by atoms with E-state index in [0.29, 0.717) is 17.3 Å². The minimum Gasteiger partial charge on any atom is -0.391 e. The molecule has 1 aliphatic carbocycles. The smallest absolute Gasteiger partial charge is 0.246 e. The Morgan fingerprint density at radius 3 is 2.29 bits per heavy atom. The molecule has 0 heterocycles. The summed E-state index contributed by atoms with van der Waals surface area (Å²) >= 11 is 15.3. The number of aliphatic hydroxyl groups excluding tert-OH is 1. The van der Waals surface area contributed by atoms with Gasteiger partial charge in [-0.15, -0.1) is 0 Å². The number of hydrogen-bond donors (Lipinski definition) is 1. The highest BCUT2D eigenvalue weighted by Gasteiger charge is 2.36. The molecule has 1 N–H and O–H groups in total. The molecule has 1 saturated carbocycles. The van der Waals surface area contributed by atoms with Gasteiger partial charge in [-0.3, -0.25) is 0 Å². The van der Waals surface area contributed by atoms with Gasteiger partial charge in [0.2, 0.25) is 10.0 Å². The van der Waals surface area contributed by atoms with Crippen LogP contribution in [0.2, 0.25) is 10.0 Å². The molecule has 0 aromatic heterocycles. The van der Waals surface area contributed by atoms with Crippen LogP contribution < -0.4 is 0 Å². The fraction of sp³-hybridized carbons (Fsp3) is 0.538. The van der Waals surface area contributed by atoms with Gasteiger partial charge in [0.15, 0.2) is 0 Å². The first-order valence-corrected chi connectivity index (χ1v) is 9.54. The van der Waals surface area contributed by atoms with Crippen LogP contribution in [0, 0.1) is 0 Å². The molecule has 118 valence electrons. The van der Waals surface area contributed by atoms with Crippen LogP contribution in [0.3, 0.4) is 0 Å². The average molecular weight is 417 g/mol. The molecule has 2 atom stereocenters. The number of sulfonamides is 1. The summed E-state index contributed by atoms with van der Waals surface area (Å²) in [6.45, 7) is 0. The Hall–Kier alpha value is 0.150. The zero-order valence-corrected chi connectivity index (χ0v) is 15.3. The fourth-order valence-corrected chi connectivity index (χ4v) is 5.91. The van der Waals surface area contributed by atoms with Gasteiger partial charge in [-0.05, 0) is 25.0 Å². The first kappa shape index (κ1) is 17.5. The van der Waals surface area contributed by atoms with Crippen molar-refractivity contribution in [2.45, 2.75) is 42.7 Å². The third-order valence-electron chi connectivity index (χ3n) is 3.76. The molecule has 0 bridgehead atoms. The molecule has 4 nitrogen and oxygen atoms in total. The van der Waals surface area contributed by atoms with Crippen molar-refractivity contribution in [1.29, 1.82) is 0 Å². The molecular formula is C13H16BrCl2NO3S. The predicted molar refractivity (Wildman–Crippen MR) is 87.4 cm³/mol. The Labute approximate surface area is 143 Å². The van der Waals surface area contributed by atoms with Gasteiger partial charge >= 0.3 is 0 Å². The lowest BCUT2D eigenvalue weighted by atomic mass is 9.93. The van der Waals surface area contributed by atoms with Gasteiger partial charge in [-0.1, -0.05) is 52.0 Å². The summed E-state index contributed by atoms with van der Waals surface area (Å²) in [6.07, 6.45) is 2.37. The van der Waals surface area contributed by atoms with Crippen molar-refractivity contribution in [3.63, 3.8) is 0 Å². The van der Waals surface area contributed by atoms with E-state index >= 15 is 0 Å². The first-order valence-electron chi connectivity index (χ1n) is 6.56. The lowest BCUT2D eigenvalue weighted by Crippen LogP contribution is -2.46. The highest BCUT2D eigenvalue weighted by Crippen LogP contribution is 2.36. The number of likely N-dealkylation sites (N-methyl/N-ethyl adjacent to an activating group) is 1. The number of benzene rings is 1. The van der Waals surface area contributed by atoms with Crippen LogP contribution in [0.4, 0.5) is 0 Å². The number of hydrogen-bond acceptors (Lipinski definition) is 3. The van der Waals surface area contributed by atoms with Crippen LogP contribution in [-0.4, -0.2) is 37.0 Å². The van der Waals surface area contributed by atoms with E-state index in [4.69, 9.17) is 23.2 Å². The molecule has 0 amide bonds. The van der Waals surface area contributed by atoms with Gasteiger partial charge < -0.3 is 5.11 Å². The Balaban J connectivity index is 2.42. The van der Waals surface area contributed by atoms with Crippen molar-refractivity contribution >= 4 is 49.2 Å².